The Kier molecular flexibility index (Phi) is 12.4. The molecule has 12 nitrogen and oxygen atoms in total. The van der Waals surface area contributed by atoms with E-state index in [-0.39, 0.29) is 109 Å². The third-order valence-corrected chi connectivity index (χ3v) is 14.0. The number of carbonyl (C=O) groups is 2. The molecule has 300 valence electrons. The maximum Gasteiger partial charge on any atom is 0.306 e. The first-order chi connectivity index (χ1) is 25.5. The monoisotopic (exact) mass is 747 g/mol. The predicted molar refractivity (Wildman–Crippen MR) is 194 cm³/mol. The van der Waals surface area contributed by atoms with Crippen LogP contribution in [0.15, 0.2) is 11.6 Å². The fraction of sp³-hybridized carbons (Fsp3) is 0.902. The molecule has 19 atom stereocenters. The van der Waals surface area contributed by atoms with Crippen LogP contribution >= 0.6 is 0 Å². The summed E-state index contributed by atoms with van der Waals surface area (Å²) in [6.07, 6.45) is 6.20. The van der Waals surface area contributed by atoms with Crippen LogP contribution in [0.5, 0.6) is 0 Å². The van der Waals surface area contributed by atoms with Crippen LogP contribution in [0.3, 0.4) is 0 Å². The van der Waals surface area contributed by atoms with Gasteiger partial charge in [-0.1, -0.05) is 19.9 Å². The zero-order chi connectivity index (χ0) is 37.7. The largest absolute Gasteiger partial charge is 0.462 e. The van der Waals surface area contributed by atoms with Crippen molar-refractivity contribution in [3.63, 3.8) is 0 Å². The summed E-state index contributed by atoms with van der Waals surface area (Å²) < 4.78 is 56.2. The van der Waals surface area contributed by atoms with E-state index in [1.165, 1.54) is 0 Å². The quantitative estimate of drug-likeness (QED) is 0.240. The minimum absolute atomic E-state index is 0.0105. The fourth-order valence-electron chi connectivity index (χ4n) is 11.3. The molecule has 4 heterocycles. The summed E-state index contributed by atoms with van der Waals surface area (Å²) in [7, 11) is 9.15. The molecule has 53 heavy (non-hydrogen) atoms. The summed E-state index contributed by atoms with van der Waals surface area (Å²) in [4.78, 5) is 30.6. The van der Waals surface area contributed by atoms with Gasteiger partial charge in [-0.05, 0) is 103 Å². The van der Waals surface area contributed by atoms with Gasteiger partial charge in [0.2, 0.25) is 0 Å². The number of esters is 1. The number of hydrogen-bond donors (Lipinski definition) is 0. The van der Waals surface area contributed by atoms with E-state index in [4.69, 9.17) is 42.6 Å². The van der Waals surface area contributed by atoms with Crippen LogP contribution in [0.1, 0.15) is 85.5 Å². The van der Waals surface area contributed by atoms with Crippen molar-refractivity contribution < 1.29 is 52.2 Å². The number of allylic oxidation sites excluding steroid dienone is 2. The number of cyclic esters (lactones) is 1. The molecular weight excluding hydrogens is 682 g/mol. The van der Waals surface area contributed by atoms with Gasteiger partial charge < -0.3 is 47.5 Å². The van der Waals surface area contributed by atoms with Crippen LogP contribution in [0.25, 0.3) is 0 Å². The van der Waals surface area contributed by atoms with Gasteiger partial charge in [0.15, 0.2) is 18.4 Å². The summed E-state index contributed by atoms with van der Waals surface area (Å²) in [5, 5.41) is 0. The van der Waals surface area contributed by atoms with E-state index in [1.54, 1.807) is 21.3 Å². The molecule has 3 aliphatic carbocycles. The maximum atomic E-state index is 14.8. The standard InChI is InChI=1S/C41H65NO11/c1-10-23-12-11-13-31(52-33-15-14-30(42(5)6)21(3)48-33)20(2)35(44)28-18-26-25-16-24(51-41-40(47-9)39(46-8)36(45-7)22(4)49-41)17-29(25)37-38(53-37)34(26)27(28)19-32(43)50-23/h18,20-27,29-31,33-34,36-41H,10-17,19H2,1-9H3/t20-,21?,22?,23+,24+,25+,26+,27-,29-,30+,31+,33+,34-,36+,37?,38?,39?,40+,41+/m1/s1. The zero-order valence-electron chi connectivity index (χ0n) is 33.3. The number of epoxide rings is 1. The van der Waals surface area contributed by atoms with E-state index >= 15 is 0 Å². The Morgan fingerprint density at radius 1 is 0.811 bits per heavy atom. The van der Waals surface area contributed by atoms with Gasteiger partial charge >= 0.3 is 5.97 Å². The molecule has 0 bridgehead atoms. The van der Waals surface area contributed by atoms with Gasteiger partial charge in [0.25, 0.3) is 0 Å². The van der Waals surface area contributed by atoms with Gasteiger partial charge in [-0.15, -0.1) is 0 Å². The third kappa shape index (κ3) is 7.80. The van der Waals surface area contributed by atoms with Crippen molar-refractivity contribution in [3.8, 4) is 0 Å². The summed E-state index contributed by atoms with van der Waals surface area (Å²) >= 11 is 0. The third-order valence-electron chi connectivity index (χ3n) is 14.0. The molecule has 0 radical (unpaired) electrons. The van der Waals surface area contributed by atoms with E-state index in [9.17, 15) is 9.59 Å². The molecule has 4 aliphatic heterocycles. The lowest BCUT2D eigenvalue weighted by atomic mass is 9.66. The van der Waals surface area contributed by atoms with E-state index < -0.39 is 12.4 Å². The number of methoxy groups -OCH3 is 3. The van der Waals surface area contributed by atoms with Crippen molar-refractivity contribution in [2.75, 3.05) is 35.4 Å². The number of likely N-dealkylation sites (N-methyl/N-ethyl adjacent to an activating group) is 1. The van der Waals surface area contributed by atoms with E-state index in [2.05, 4.69) is 38.9 Å². The summed E-state index contributed by atoms with van der Waals surface area (Å²) in [5.74, 6) is -0.0628. The number of ketones is 1. The molecule has 0 aromatic carbocycles. The van der Waals surface area contributed by atoms with Crippen LogP contribution in [0.2, 0.25) is 0 Å². The number of nitrogens with zero attached hydrogens (tertiary/aromatic N) is 1. The lowest BCUT2D eigenvalue weighted by molar-refractivity contribution is -0.314. The van der Waals surface area contributed by atoms with Crippen LogP contribution in [0, 0.1) is 35.5 Å². The number of rotatable bonds is 9. The summed E-state index contributed by atoms with van der Waals surface area (Å²) in [6.45, 7) is 8.17. The summed E-state index contributed by atoms with van der Waals surface area (Å²) in [6, 6.07) is 0.335. The minimum Gasteiger partial charge on any atom is -0.462 e. The van der Waals surface area contributed by atoms with Gasteiger partial charge in [-0.2, -0.15) is 0 Å². The highest BCUT2D eigenvalue weighted by Crippen LogP contribution is 2.63. The molecule has 0 aromatic heterocycles. The second-order valence-electron chi connectivity index (χ2n) is 17.2. The predicted octanol–water partition coefficient (Wildman–Crippen LogP) is 4.70. The fourth-order valence-corrected chi connectivity index (χ4v) is 11.3. The SMILES string of the molecule is CC[C@H]1CCC[C@H](O[C@H]2CC[C@H](N(C)C)C(C)O2)[C@@H](C)C(=O)C2=C[C@H]3[C@@H]4C[C@H](O[C@@H]5OC(C)[C@H](OC)C(OC)[C@@H]5OC)C[C@H]4C4OC4[C@H]3[C@@H]2CC(=O)O1. The lowest BCUT2D eigenvalue weighted by Crippen LogP contribution is -2.59. The highest BCUT2D eigenvalue weighted by atomic mass is 16.7. The highest BCUT2D eigenvalue weighted by molar-refractivity contribution is 5.99. The zero-order valence-corrected chi connectivity index (χ0v) is 33.3. The van der Waals surface area contributed by atoms with E-state index in [1.807, 2.05) is 13.8 Å². The smallest absolute Gasteiger partial charge is 0.306 e. The van der Waals surface area contributed by atoms with Crippen LogP contribution in [-0.2, 0) is 52.2 Å². The first kappa shape index (κ1) is 39.7. The number of ether oxygens (including phenoxy) is 9. The second-order valence-corrected chi connectivity index (χ2v) is 17.2. The minimum atomic E-state index is -0.606. The molecule has 6 fully saturated rings. The van der Waals surface area contributed by atoms with Gasteiger partial charge in [0.05, 0.1) is 43.0 Å². The Morgan fingerprint density at radius 2 is 1.55 bits per heavy atom. The average molecular weight is 748 g/mol. The molecule has 7 rings (SSSR count). The first-order valence-electron chi connectivity index (χ1n) is 20.4. The van der Waals surface area contributed by atoms with Crippen LogP contribution in [-0.4, -0.2) is 132 Å². The molecule has 12 heteroatoms. The van der Waals surface area contributed by atoms with Gasteiger partial charge in [0, 0.05) is 45.1 Å². The van der Waals surface area contributed by atoms with Crippen molar-refractivity contribution in [1.29, 1.82) is 0 Å². The number of hydrogen-bond acceptors (Lipinski definition) is 12. The molecule has 0 N–H and O–H groups in total. The molecule has 0 spiro atoms. The van der Waals surface area contributed by atoms with Gasteiger partial charge in [-0.3, -0.25) is 9.59 Å². The molecule has 0 amide bonds. The Hall–Kier alpha value is -1.48. The molecule has 0 aromatic rings. The Labute approximate surface area is 316 Å². The average Bonchev–Trinajstić information content (AvgIpc) is 3.67. The van der Waals surface area contributed by atoms with E-state index in [0.29, 0.717) is 18.4 Å². The maximum absolute atomic E-state index is 14.8. The van der Waals surface area contributed by atoms with Gasteiger partial charge in [0.1, 0.15) is 24.4 Å². The topological polar surface area (TPSA) is 124 Å². The van der Waals surface area contributed by atoms with Gasteiger partial charge in [-0.25, -0.2) is 0 Å². The van der Waals surface area contributed by atoms with Crippen LogP contribution < -0.4 is 0 Å². The second kappa shape index (κ2) is 16.5. The first-order valence-corrected chi connectivity index (χ1v) is 20.4. The molecular formula is C41H65NO11. The Morgan fingerprint density at radius 3 is 2.23 bits per heavy atom. The Balaban J connectivity index is 1.11. The number of carbonyl (C=O) groups excluding carboxylic acids is 2. The Bertz CT molecular complexity index is 1330. The van der Waals surface area contributed by atoms with Crippen molar-refractivity contribution in [2.45, 2.75) is 165 Å². The molecule has 5 unspecified atom stereocenters. The van der Waals surface area contributed by atoms with Crippen molar-refractivity contribution in [1.82, 2.24) is 4.90 Å². The number of Topliss-reactive ketones (excluding diaryl/α,β-unsaturated/α-hetero) is 1. The highest BCUT2D eigenvalue weighted by Gasteiger charge is 2.66. The normalized spacial score (nSPS) is 48.8. The van der Waals surface area contributed by atoms with Crippen LogP contribution in [0.4, 0.5) is 0 Å². The lowest BCUT2D eigenvalue weighted by Gasteiger charge is -2.44. The van der Waals surface area contributed by atoms with Crippen molar-refractivity contribution in [2.24, 2.45) is 35.5 Å². The molecule has 4 saturated heterocycles. The number of fused-ring (bicyclic) bond motifs is 8. The van der Waals surface area contributed by atoms with Crippen molar-refractivity contribution >= 4 is 11.8 Å². The van der Waals surface area contributed by atoms with Crippen molar-refractivity contribution in [3.05, 3.63) is 11.6 Å². The summed E-state index contributed by atoms with van der Waals surface area (Å²) in [5.41, 5.74) is 0.758. The molecule has 7 aliphatic rings. The van der Waals surface area contributed by atoms with E-state index in [0.717, 1.165) is 50.5 Å². The molecule has 2 saturated carbocycles.